The van der Waals surface area contributed by atoms with E-state index in [0.29, 0.717) is 36.7 Å². The second-order valence-electron chi connectivity index (χ2n) is 11.0. The van der Waals surface area contributed by atoms with Crippen molar-refractivity contribution in [2.24, 2.45) is 21.5 Å². The molecule has 0 radical (unpaired) electrons. The molecule has 0 aliphatic carbocycles. The van der Waals surface area contributed by atoms with Crippen molar-refractivity contribution < 1.29 is 14.3 Å². The lowest BCUT2D eigenvalue weighted by atomic mass is 10.1. The minimum atomic E-state index is -0.0512. The minimum Gasteiger partial charge on any atom is -0.463 e. The third-order valence-electron chi connectivity index (χ3n) is 7.26. The van der Waals surface area contributed by atoms with E-state index in [0.717, 1.165) is 42.6 Å². The Bertz CT molecular complexity index is 1640. The summed E-state index contributed by atoms with van der Waals surface area (Å²) in [7, 11) is 0. The van der Waals surface area contributed by atoms with Crippen LogP contribution < -0.4 is 22.1 Å². The summed E-state index contributed by atoms with van der Waals surface area (Å²) in [6.07, 6.45) is 10.3. The summed E-state index contributed by atoms with van der Waals surface area (Å²) in [4.78, 5) is 36.4. The molecular formula is C33H38N10O3. The molecule has 0 unspecified atom stereocenters. The van der Waals surface area contributed by atoms with E-state index in [-0.39, 0.29) is 23.9 Å². The normalized spacial score (nSPS) is 16.7. The zero-order valence-corrected chi connectivity index (χ0v) is 25.9. The molecule has 0 saturated carbocycles. The van der Waals surface area contributed by atoms with Crippen LogP contribution in [0, 0.1) is 6.92 Å². The van der Waals surface area contributed by atoms with Gasteiger partial charge in [0.15, 0.2) is 5.78 Å². The van der Waals surface area contributed by atoms with E-state index in [4.69, 9.17) is 20.9 Å². The first-order valence-corrected chi connectivity index (χ1v) is 15.0. The van der Waals surface area contributed by atoms with Gasteiger partial charge in [-0.05, 0) is 80.5 Å². The Balaban J connectivity index is 0.000000182. The van der Waals surface area contributed by atoms with Crippen LogP contribution in [0.25, 0.3) is 0 Å². The van der Waals surface area contributed by atoms with Gasteiger partial charge in [-0.3, -0.25) is 4.79 Å². The molecule has 0 amide bonds. The summed E-state index contributed by atoms with van der Waals surface area (Å²) in [5, 5.41) is 6.29. The largest absolute Gasteiger partial charge is 0.463 e. The Kier molecular flexibility index (Phi) is 10.7. The van der Waals surface area contributed by atoms with E-state index in [2.05, 4.69) is 64.8 Å². The van der Waals surface area contributed by atoms with E-state index in [1.165, 1.54) is 30.4 Å². The van der Waals surface area contributed by atoms with Crippen LogP contribution in [-0.4, -0.2) is 63.1 Å². The van der Waals surface area contributed by atoms with Gasteiger partial charge in [0.25, 0.3) is 12.0 Å². The monoisotopic (exact) mass is 622 g/mol. The zero-order chi connectivity index (χ0) is 32.3. The lowest BCUT2D eigenvalue weighted by Crippen LogP contribution is -2.10. The Morgan fingerprint density at radius 2 is 1.13 bits per heavy atom. The summed E-state index contributed by atoms with van der Waals surface area (Å²) < 4.78 is 10.3. The fourth-order valence-corrected chi connectivity index (χ4v) is 4.63. The first kappa shape index (κ1) is 31.8. The van der Waals surface area contributed by atoms with Gasteiger partial charge < -0.3 is 31.6 Å². The maximum absolute atomic E-state index is 11.2. The van der Waals surface area contributed by atoms with Crippen LogP contribution in [0.4, 0.5) is 23.3 Å². The molecule has 6 rings (SSSR count). The van der Waals surface area contributed by atoms with Gasteiger partial charge in [0.05, 0.1) is 17.6 Å². The van der Waals surface area contributed by atoms with Crippen LogP contribution in [0.1, 0.15) is 46.8 Å². The van der Waals surface area contributed by atoms with Gasteiger partial charge in [0.1, 0.15) is 13.2 Å². The molecule has 13 heteroatoms. The number of nitrogens with one attached hydrogen (secondary N) is 2. The fourth-order valence-electron chi connectivity index (χ4n) is 4.63. The van der Waals surface area contributed by atoms with Gasteiger partial charge in [0, 0.05) is 36.2 Å². The average Bonchev–Trinajstić information content (AvgIpc) is 3.69. The molecule has 2 aromatic carbocycles. The lowest BCUT2D eigenvalue weighted by molar-refractivity contribution is 0.101. The van der Waals surface area contributed by atoms with Crippen molar-refractivity contribution in [2.75, 3.05) is 23.8 Å². The number of nitrogens with zero attached hydrogens (tertiary/aromatic N) is 6. The predicted molar refractivity (Wildman–Crippen MR) is 178 cm³/mol. The maximum Gasteiger partial charge on any atom is 0.282 e. The number of carbonyl (C=O) groups is 1. The molecule has 4 aromatic rings. The Morgan fingerprint density at radius 3 is 1.50 bits per heavy atom. The van der Waals surface area contributed by atoms with Crippen LogP contribution in [0.15, 0.2) is 83.3 Å². The second-order valence-corrected chi connectivity index (χ2v) is 11.0. The molecule has 46 heavy (non-hydrogen) atoms. The topological polar surface area (TPSA) is 188 Å². The highest BCUT2D eigenvalue weighted by Crippen LogP contribution is 2.18. The molecular weight excluding hydrogens is 584 g/mol. The quantitative estimate of drug-likeness (QED) is 0.175. The third kappa shape index (κ3) is 9.71. The first-order valence-electron chi connectivity index (χ1n) is 15.0. The second kappa shape index (κ2) is 15.4. The Labute approximate surface area is 267 Å². The lowest BCUT2D eigenvalue weighted by Gasteiger charge is -2.08. The number of aromatic nitrogens is 4. The summed E-state index contributed by atoms with van der Waals surface area (Å²) in [6.45, 7) is 4.61. The van der Waals surface area contributed by atoms with E-state index in [1.54, 1.807) is 12.4 Å². The average molecular weight is 623 g/mol. The van der Waals surface area contributed by atoms with Gasteiger partial charge >= 0.3 is 0 Å². The number of aliphatic imine (C=N–C) groups is 2. The van der Waals surface area contributed by atoms with E-state index in [1.807, 2.05) is 31.2 Å². The molecule has 2 atom stereocenters. The van der Waals surface area contributed by atoms with Gasteiger partial charge in [0.2, 0.25) is 11.9 Å². The zero-order valence-electron chi connectivity index (χ0n) is 25.9. The highest BCUT2D eigenvalue weighted by Gasteiger charge is 2.17. The van der Waals surface area contributed by atoms with Gasteiger partial charge in [-0.15, -0.1) is 0 Å². The number of anilines is 4. The third-order valence-corrected chi connectivity index (χ3v) is 7.26. The molecule has 13 nitrogen and oxygen atoms in total. The Morgan fingerprint density at radius 1 is 0.717 bits per heavy atom. The number of rotatable bonds is 11. The van der Waals surface area contributed by atoms with Crippen LogP contribution in [0.3, 0.4) is 0 Å². The van der Waals surface area contributed by atoms with E-state index >= 15 is 0 Å². The van der Waals surface area contributed by atoms with Gasteiger partial charge in [-0.2, -0.15) is 0 Å². The molecule has 2 aliphatic rings. The van der Waals surface area contributed by atoms with Crippen LogP contribution in [0.5, 0.6) is 0 Å². The fraction of sp³-hybridized carbons (Fsp3) is 0.303. The number of benzene rings is 2. The smallest absolute Gasteiger partial charge is 0.282 e. The van der Waals surface area contributed by atoms with Crippen molar-refractivity contribution in [3.8, 4) is 0 Å². The van der Waals surface area contributed by atoms with Crippen molar-refractivity contribution in [1.29, 1.82) is 0 Å². The number of carbonyl (C=O) groups excluding carboxylic acids is 1. The maximum atomic E-state index is 11.2. The molecule has 2 aromatic heterocycles. The highest BCUT2D eigenvalue weighted by atomic mass is 16.5. The molecule has 0 spiro atoms. The van der Waals surface area contributed by atoms with Crippen molar-refractivity contribution in [3.63, 3.8) is 0 Å². The molecule has 6 N–H and O–H groups in total. The molecule has 4 heterocycles. The summed E-state index contributed by atoms with van der Waals surface area (Å²) in [5.41, 5.74) is 16.9. The number of ketones is 1. The SMILES string of the molecule is CC(=O)c1cnc(Nc2ccc(CC[C@H]3COC(N)=N3)cc2)nc1.Cc1cnc(Nc2ccc(CC[C@H]3COC(N)=N3)cc2)nc1. The number of Topliss-reactive ketones (excluding diaryl/α,β-unsaturated/α-hetero) is 1. The summed E-state index contributed by atoms with van der Waals surface area (Å²) in [5.74, 6) is 1.01. The van der Waals surface area contributed by atoms with Crippen molar-refractivity contribution in [3.05, 3.63) is 95.6 Å². The molecule has 238 valence electrons. The van der Waals surface area contributed by atoms with E-state index < -0.39 is 0 Å². The van der Waals surface area contributed by atoms with E-state index in [9.17, 15) is 4.79 Å². The number of nitrogens with two attached hydrogens (primary N) is 2. The van der Waals surface area contributed by atoms with Crippen LogP contribution >= 0.6 is 0 Å². The van der Waals surface area contributed by atoms with Crippen molar-refractivity contribution in [2.45, 2.75) is 51.6 Å². The number of hydrogen-bond acceptors (Lipinski definition) is 13. The summed E-state index contributed by atoms with van der Waals surface area (Å²) in [6, 6.07) is 17.2. The van der Waals surface area contributed by atoms with Gasteiger partial charge in [-0.25, -0.2) is 29.9 Å². The molecule has 2 aliphatic heterocycles. The molecule has 0 bridgehead atoms. The van der Waals surface area contributed by atoms with Crippen molar-refractivity contribution >= 4 is 41.1 Å². The standard InChI is InChI=1S/C17H19N5O2.C16H19N5O/c1-11(23)13-8-19-17(20-9-13)22-14-5-2-12(3-6-14)4-7-15-10-24-16(18)21-15;1-11-8-18-16(19-9-11)21-13-5-2-12(3-6-13)4-7-14-10-22-15(17)20-14/h2-3,5-6,8-9,15H,4,7,10H2,1H3,(H2,18,21)(H,19,20,22);2-3,5-6,8-9,14H,4,7,10H2,1H3,(H2,17,20)(H,18,19,21)/t15-;14-/m00/s1. The Hall–Kier alpha value is -5.59. The molecule has 0 fully saturated rings. The van der Waals surface area contributed by atoms with Crippen molar-refractivity contribution in [1.82, 2.24) is 19.9 Å². The molecule has 0 saturated heterocycles. The predicted octanol–water partition coefficient (Wildman–Crippen LogP) is 4.24. The van der Waals surface area contributed by atoms with Crippen LogP contribution in [-0.2, 0) is 22.3 Å². The van der Waals surface area contributed by atoms with Crippen LogP contribution in [0.2, 0.25) is 0 Å². The summed E-state index contributed by atoms with van der Waals surface area (Å²) >= 11 is 0. The number of amidine groups is 2. The number of hydrogen-bond donors (Lipinski definition) is 4. The number of ether oxygens (including phenoxy) is 2. The van der Waals surface area contributed by atoms with Gasteiger partial charge in [-0.1, -0.05) is 24.3 Å². The minimum absolute atomic E-state index is 0.0512. The highest BCUT2D eigenvalue weighted by molar-refractivity contribution is 5.93. The number of aryl methyl sites for hydroxylation is 3. The first-order chi connectivity index (χ1) is 22.3.